The molecule has 368 valence electrons. The SMILES string of the molecule is CCCCCCCCC1(CCCCCCCC)c2cc(Br)ccc2-c2ccc(-c3ccc(-c4ccc5c(c4)C(CCCCCCCC)(CCCCCCCC)c4cc(Br)ccc4-5)c4nsnc34)cc21. The maximum Gasteiger partial charge on any atom is 0.113 e. The molecule has 0 radical (unpaired) electrons. The van der Waals surface area contributed by atoms with Crippen LogP contribution in [0.15, 0.2) is 93.9 Å². The molecule has 8 rings (SSSR count). The van der Waals surface area contributed by atoms with Gasteiger partial charge in [0.2, 0.25) is 0 Å². The predicted molar refractivity (Wildman–Crippen MR) is 308 cm³/mol. The van der Waals surface area contributed by atoms with Crippen LogP contribution in [0.25, 0.3) is 55.5 Å². The van der Waals surface area contributed by atoms with Crippen molar-refractivity contribution in [3.05, 3.63) is 116 Å². The molecule has 0 saturated carbocycles. The van der Waals surface area contributed by atoms with Crippen molar-refractivity contribution in [1.29, 1.82) is 0 Å². The van der Waals surface area contributed by atoms with Gasteiger partial charge < -0.3 is 0 Å². The van der Waals surface area contributed by atoms with Gasteiger partial charge in [0.25, 0.3) is 0 Å². The Balaban J connectivity index is 1.16. The molecule has 1 heterocycles. The fourth-order valence-electron chi connectivity index (χ4n) is 12.8. The molecule has 5 aromatic carbocycles. The summed E-state index contributed by atoms with van der Waals surface area (Å²) in [4.78, 5) is 0. The van der Waals surface area contributed by atoms with Crippen LogP contribution < -0.4 is 0 Å². The van der Waals surface area contributed by atoms with Gasteiger partial charge in [0.05, 0.1) is 11.7 Å². The number of aromatic nitrogens is 2. The normalized spacial score (nSPS) is 14.1. The number of hydrogen-bond donors (Lipinski definition) is 0. The molecule has 0 amide bonds. The molecular weight excluding hydrogens is 989 g/mol. The maximum absolute atomic E-state index is 5.14. The number of nitrogens with zero attached hydrogens (tertiary/aromatic N) is 2. The Hall–Kier alpha value is -3.12. The van der Waals surface area contributed by atoms with Crippen LogP contribution in [0.4, 0.5) is 0 Å². The zero-order valence-corrected chi connectivity index (χ0v) is 46.9. The number of unbranched alkanes of at least 4 members (excludes halogenated alkanes) is 20. The lowest BCUT2D eigenvalue weighted by molar-refractivity contribution is 0.398. The lowest BCUT2D eigenvalue weighted by Gasteiger charge is -2.33. The topological polar surface area (TPSA) is 25.8 Å². The van der Waals surface area contributed by atoms with Crippen LogP contribution in [-0.2, 0) is 10.8 Å². The van der Waals surface area contributed by atoms with Crippen LogP contribution in [0.2, 0.25) is 0 Å². The van der Waals surface area contributed by atoms with Crippen LogP contribution in [0.5, 0.6) is 0 Å². The summed E-state index contributed by atoms with van der Waals surface area (Å²) in [5.41, 5.74) is 18.9. The zero-order chi connectivity index (χ0) is 48.1. The highest BCUT2D eigenvalue weighted by molar-refractivity contribution is 9.10. The van der Waals surface area contributed by atoms with E-state index in [4.69, 9.17) is 8.75 Å². The number of halogens is 2. The van der Waals surface area contributed by atoms with E-state index in [0.29, 0.717) is 0 Å². The van der Waals surface area contributed by atoms with Gasteiger partial charge in [0.15, 0.2) is 0 Å². The Labute approximate surface area is 439 Å². The first-order valence-electron chi connectivity index (χ1n) is 28.0. The molecule has 0 unspecified atom stereocenters. The molecule has 0 saturated heterocycles. The first-order chi connectivity index (χ1) is 33.9. The second-order valence-electron chi connectivity index (χ2n) is 21.3. The minimum Gasteiger partial charge on any atom is -0.172 e. The van der Waals surface area contributed by atoms with E-state index in [9.17, 15) is 0 Å². The molecule has 0 fully saturated rings. The molecule has 2 aliphatic carbocycles. The lowest BCUT2D eigenvalue weighted by Crippen LogP contribution is -2.25. The third-order valence-electron chi connectivity index (χ3n) is 16.5. The van der Waals surface area contributed by atoms with Crippen molar-refractivity contribution in [3.63, 3.8) is 0 Å². The highest BCUT2D eigenvalue weighted by Crippen LogP contribution is 2.58. The third-order valence-corrected chi connectivity index (χ3v) is 18.0. The smallest absolute Gasteiger partial charge is 0.113 e. The summed E-state index contributed by atoms with van der Waals surface area (Å²) >= 11 is 9.25. The fraction of sp³-hybridized carbons (Fsp3) is 0.531. The van der Waals surface area contributed by atoms with Crippen LogP contribution in [-0.4, -0.2) is 8.75 Å². The van der Waals surface area contributed by atoms with Gasteiger partial charge in [0.1, 0.15) is 11.0 Å². The van der Waals surface area contributed by atoms with Crippen molar-refractivity contribution >= 4 is 54.6 Å². The summed E-state index contributed by atoms with van der Waals surface area (Å²) in [6, 6.07) is 33.9. The predicted octanol–water partition coefficient (Wildman–Crippen LogP) is 22.1. The molecule has 2 aliphatic rings. The highest BCUT2D eigenvalue weighted by Gasteiger charge is 2.44. The van der Waals surface area contributed by atoms with Crippen molar-refractivity contribution < 1.29 is 0 Å². The molecular formula is C64H82Br2N2S. The minimum atomic E-state index is 0.00838. The molecule has 0 N–H and O–H groups in total. The van der Waals surface area contributed by atoms with Gasteiger partial charge in [-0.2, -0.15) is 8.75 Å². The van der Waals surface area contributed by atoms with Gasteiger partial charge >= 0.3 is 0 Å². The van der Waals surface area contributed by atoms with E-state index in [1.165, 1.54) is 267 Å². The first-order valence-corrected chi connectivity index (χ1v) is 30.4. The Kier molecular flexibility index (Phi) is 19.3. The van der Waals surface area contributed by atoms with Gasteiger partial charge in [-0.1, -0.05) is 262 Å². The molecule has 0 spiro atoms. The van der Waals surface area contributed by atoms with E-state index < -0.39 is 0 Å². The van der Waals surface area contributed by atoms with E-state index in [1.807, 2.05) is 0 Å². The van der Waals surface area contributed by atoms with Crippen LogP contribution in [0.1, 0.15) is 230 Å². The van der Waals surface area contributed by atoms with E-state index in [2.05, 4.69) is 144 Å². The Morgan fingerprint density at radius 3 is 0.942 bits per heavy atom. The molecule has 0 aliphatic heterocycles. The minimum absolute atomic E-state index is 0.00838. The third kappa shape index (κ3) is 11.7. The van der Waals surface area contributed by atoms with Crippen molar-refractivity contribution in [2.75, 3.05) is 0 Å². The van der Waals surface area contributed by atoms with E-state index >= 15 is 0 Å². The number of hydrogen-bond acceptors (Lipinski definition) is 3. The van der Waals surface area contributed by atoms with E-state index in [-0.39, 0.29) is 10.8 Å². The molecule has 1 aromatic heterocycles. The molecule has 5 heteroatoms. The number of benzene rings is 5. The van der Waals surface area contributed by atoms with Crippen LogP contribution in [0.3, 0.4) is 0 Å². The Morgan fingerprint density at radius 2 is 0.609 bits per heavy atom. The molecule has 69 heavy (non-hydrogen) atoms. The average Bonchev–Trinajstić information content (AvgIpc) is 4.03. The van der Waals surface area contributed by atoms with Crippen molar-refractivity contribution in [2.24, 2.45) is 0 Å². The summed E-state index contributed by atoms with van der Waals surface area (Å²) in [6.45, 7) is 9.30. The van der Waals surface area contributed by atoms with Crippen molar-refractivity contribution in [3.8, 4) is 44.5 Å². The fourth-order valence-corrected chi connectivity index (χ4v) is 14.1. The summed E-state index contributed by atoms with van der Waals surface area (Å²) in [6.07, 6.45) is 36.5. The second kappa shape index (κ2) is 25.5. The van der Waals surface area contributed by atoms with Crippen molar-refractivity contribution in [2.45, 2.75) is 218 Å². The summed E-state index contributed by atoms with van der Waals surface area (Å²) in [5, 5.41) is 0. The van der Waals surface area contributed by atoms with Crippen molar-refractivity contribution in [1.82, 2.24) is 8.75 Å². The maximum atomic E-state index is 5.14. The largest absolute Gasteiger partial charge is 0.172 e. The molecule has 0 bridgehead atoms. The molecule has 2 nitrogen and oxygen atoms in total. The zero-order valence-electron chi connectivity index (χ0n) is 42.9. The van der Waals surface area contributed by atoms with Gasteiger partial charge in [-0.3, -0.25) is 0 Å². The summed E-state index contributed by atoms with van der Waals surface area (Å²) < 4.78 is 12.7. The average molecular weight is 1070 g/mol. The standard InChI is InChI=1S/C64H82Br2N2S/c1-5-9-13-17-21-25-39-63(40-26-22-18-14-10-6-2)57-43-47(29-33-53(57)55-35-31-49(65)45-59(55)63)51-37-38-52(62-61(51)67-69-68-62)48-30-34-54-56-36-32-50(66)46-60(56)64(58(54)44-48,41-27-23-19-15-11-7-3)42-28-24-20-16-12-8-4/h29-38,43-46H,5-28,39-42H2,1-4H3. The van der Waals surface area contributed by atoms with Crippen LogP contribution in [0, 0.1) is 0 Å². The lowest BCUT2D eigenvalue weighted by atomic mass is 9.70. The highest BCUT2D eigenvalue weighted by atomic mass is 79.9. The van der Waals surface area contributed by atoms with E-state index in [1.54, 1.807) is 0 Å². The van der Waals surface area contributed by atoms with Gasteiger partial charge in [-0.15, -0.1) is 0 Å². The quantitative estimate of drug-likeness (QED) is 0.0420. The number of fused-ring (bicyclic) bond motifs is 7. The molecule has 6 aromatic rings. The molecule has 0 atom stereocenters. The van der Waals surface area contributed by atoms with E-state index in [0.717, 1.165) is 11.0 Å². The summed E-state index contributed by atoms with van der Waals surface area (Å²) in [5.74, 6) is 0. The van der Waals surface area contributed by atoms with Gasteiger partial charge in [-0.25, -0.2) is 0 Å². The summed E-state index contributed by atoms with van der Waals surface area (Å²) in [7, 11) is 0. The second-order valence-corrected chi connectivity index (χ2v) is 23.6. The first kappa shape index (κ1) is 52.2. The Bertz CT molecular complexity index is 2380. The monoisotopic (exact) mass is 1070 g/mol. The Morgan fingerprint density at radius 1 is 0.333 bits per heavy atom. The van der Waals surface area contributed by atoms with Gasteiger partial charge in [0, 0.05) is 30.9 Å². The van der Waals surface area contributed by atoms with Crippen LogP contribution >= 0.6 is 43.6 Å². The number of rotatable bonds is 30. The van der Waals surface area contributed by atoms with Gasteiger partial charge in [-0.05, 0) is 118 Å².